The molecule has 3 saturated carbocycles. The van der Waals surface area contributed by atoms with Crippen LogP contribution in [0.25, 0.3) is 0 Å². The Morgan fingerprint density at radius 2 is 2.45 bits per heavy atom. The molecule has 0 aromatic carbocycles. The molecule has 0 aromatic heterocycles. The quantitative estimate of drug-likeness (QED) is 0.501. The first-order valence-electron chi connectivity index (χ1n) is 4.98. The van der Waals surface area contributed by atoms with E-state index < -0.39 is 0 Å². The average molecular weight is 148 g/mol. The summed E-state index contributed by atoms with van der Waals surface area (Å²) in [6, 6.07) is 0. The highest BCUT2D eigenvalue weighted by Gasteiger charge is 2.77. The van der Waals surface area contributed by atoms with E-state index in [1.54, 1.807) is 5.57 Å². The topological polar surface area (TPSA) is 0 Å². The van der Waals surface area contributed by atoms with Gasteiger partial charge in [-0.25, -0.2) is 0 Å². The van der Waals surface area contributed by atoms with Crippen molar-refractivity contribution in [3.05, 3.63) is 12.2 Å². The van der Waals surface area contributed by atoms with Crippen molar-refractivity contribution in [1.29, 1.82) is 0 Å². The lowest BCUT2D eigenvalue weighted by Crippen LogP contribution is -1.97. The van der Waals surface area contributed by atoms with Gasteiger partial charge in [0.05, 0.1) is 0 Å². The lowest BCUT2D eigenvalue weighted by Gasteiger charge is -2.08. The standard InChI is InChI=1S/C11H16/c1-3-8-9-5-4-7(2)10-6-11(8,9)10/h8-10H,2-6H2,1H3/t8?,9?,10-,11+/m1/s1. The summed E-state index contributed by atoms with van der Waals surface area (Å²) in [5, 5.41) is 0. The van der Waals surface area contributed by atoms with Gasteiger partial charge < -0.3 is 0 Å². The Kier molecular flexibility index (Phi) is 0.898. The highest BCUT2D eigenvalue weighted by atomic mass is 14.8. The monoisotopic (exact) mass is 148 g/mol. The lowest BCUT2D eigenvalue weighted by molar-refractivity contribution is 0.555. The largest absolute Gasteiger partial charge is 0.0996 e. The maximum absolute atomic E-state index is 4.18. The second kappa shape index (κ2) is 1.57. The molecule has 0 heteroatoms. The molecule has 0 bridgehead atoms. The summed E-state index contributed by atoms with van der Waals surface area (Å²) in [6.45, 7) is 6.53. The third-order valence-electron chi connectivity index (χ3n) is 4.51. The maximum Gasteiger partial charge on any atom is -0.0138 e. The molecule has 0 amide bonds. The van der Waals surface area contributed by atoms with Gasteiger partial charge in [-0.3, -0.25) is 0 Å². The molecule has 2 unspecified atom stereocenters. The molecule has 0 N–H and O–H groups in total. The second-order valence-electron chi connectivity index (χ2n) is 4.69. The van der Waals surface area contributed by atoms with Gasteiger partial charge in [-0.1, -0.05) is 25.5 Å². The van der Waals surface area contributed by atoms with Crippen LogP contribution in [0.5, 0.6) is 0 Å². The van der Waals surface area contributed by atoms with Crippen LogP contribution in [0.1, 0.15) is 32.6 Å². The van der Waals surface area contributed by atoms with Crippen LogP contribution in [0.15, 0.2) is 12.2 Å². The summed E-state index contributed by atoms with van der Waals surface area (Å²) in [5.41, 5.74) is 2.43. The Labute approximate surface area is 68.7 Å². The summed E-state index contributed by atoms with van der Waals surface area (Å²) in [4.78, 5) is 0. The molecule has 1 spiro atoms. The molecule has 60 valence electrons. The zero-order valence-electron chi connectivity index (χ0n) is 7.27. The molecule has 0 saturated heterocycles. The molecule has 0 nitrogen and oxygen atoms in total. The fraction of sp³-hybridized carbons (Fsp3) is 0.818. The van der Waals surface area contributed by atoms with Gasteiger partial charge in [0.15, 0.2) is 0 Å². The van der Waals surface area contributed by atoms with Gasteiger partial charge in [-0.15, -0.1) is 0 Å². The summed E-state index contributed by atoms with van der Waals surface area (Å²) in [7, 11) is 0. The van der Waals surface area contributed by atoms with Gasteiger partial charge in [-0.05, 0) is 42.4 Å². The van der Waals surface area contributed by atoms with Gasteiger partial charge in [0.2, 0.25) is 0 Å². The van der Waals surface area contributed by atoms with Crippen molar-refractivity contribution in [3.63, 3.8) is 0 Å². The third-order valence-corrected chi connectivity index (χ3v) is 4.51. The van der Waals surface area contributed by atoms with Crippen molar-refractivity contribution < 1.29 is 0 Å². The summed E-state index contributed by atoms with van der Waals surface area (Å²) in [6.07, 6.45) is 5.74. The van der Waals surface area contributed by atoms with Crippen molar-refractivity contribution >= 4 is 0 Å². The number of rotatable bonds is 1. The highest BCUT2D eigenvalue weighted by molar-refractivity contribution is 5.35. The van der Waals surface area contributed by atoms with Crippen LogP contribution in [0.3, 0.4) is 0 Å². The Bertz CT molecular complexity index is 222. The van der Waals surface area contributed by atoms with Gasteiger partial charge in [0.1, 0.15) is 0 Å². The van der Waals surface area contributed by atoms with E-state index in [0.717, 1.165) is 23.2 Å². The van der Waals surface area contributed by atoms with Crippen LogP contribution in [0.4, 0.5) is 0 Å². The van der Waals surface area contributed by atoms with Crippen LogP contribution >= 0.6 is 0 Å². The summed E-state index contributed by atoms with van der Waals surface area (Å²) < 4.78 is 0. The van der Waals surface area contributed by atoms with Crippen LogP contribution < -0.4 is 0 Å². The van der Waals surface area contributed by atoms with E-state index in [1.165, 1.54) is 25.7 Å². The van der Waals surface area contributed by atoms with Crippen molar-refractivity contribution in [1.82, 2.24) is 0 Å². The minimum Gasteiger partial charge on any atom is -0.0996 e. The Morgan fingerprint density at radius 3 is 3.18 bits per heavy atom. The first-order chi connectivity index (χ1) is 5.30. The van der Waals surface area contributed by atoms with Gasteiger partial charge in [0, 0.05) is 0 Å². The highest BCUT2D eigenvalue weighted by Crippen LogP contribution is 2.84. The fourth-order valence-electron chi connectivity index (χ4n) is 3.92. The van der Waals surface area contributed by atoms with Crippen molar-refractivity contribution in [2.75, 3.05) is 0 Å². The number of allylic oxidation sites excluding steroid dienone is 1. The molecular weight excluding hydrogens is 132 g/mol. The van der Waals surface area contributed by atoms with Gasteiger partial charge in [-0.2, -0.15) is 0 Å². The molecule has 3 aliphatic rings. The smallest absolute Gasteiger partial charge is 0.0138 e. The van der Waals surface area contributed by atoms with Crippen LogP contribution in [0, 0.1) is 23.2 Å². The van der Waals surface area contributed by atoms with Crippen LogP contribution in [-0.2, 0) is 0 Å². The molecule has 4 atom stereocenters. The van der Waals surface area contributed by atoms with Gasteiger partial charge in [0.25, 0.3) is 0 Å². The molecule has 0 heterocycles. The van der Waals surface area contributed by atoms with E-state index in [9.17, 15) is 0 Å². The van der Waals surface area contributed by atoms with Crippen molar-refractivity contribution in [3.8, 4) is 0 Å². The molecule has 3 aliphatic carbocycles. The SMILES string of the molecule is C=C1CCC2C(CC)[C@@]23C[C@H]13. The first-order valence-corrected chi connectivity index (χ1v) is 4.98. The molecule has 0 aliphatic heterocycles. The first kappa shape index (κ1) is 6.28. The van der Waals surface area contributed by atoms with Crippen molar-refractivity contribution in [2.45, 2.75) is 32.6 Å². The Balaban J connectivity index is 1.89. The molecule has 0 aromatic rings. The Morgan fingerprint density at radius 1 is 1.64 bits per heavy atom. The van der Waals surface area contributed by atoms with Crippen LogP contribution in [-0.4, -0.2) is 0 Å². The molecule has 11 heavy (non-hydrogen) atoms. The van der Waals surface area contributed by atoms with E-state index >= 15 is 0 Å². The van der Waals surface area contributed by atoms with E-state index in [1.807, 2.05) is 0 Å². The maximum atomic E-state index is 4.18. The predicted octanol–water partition coefficient (Wildman–Crippen LogP) is 3.00. The minimum absolute atomic E-state index is 0.851. The predicted molar refractivity (Wildman–Crippen MR) is 46.2 cm³/mol. The van der Waals surface area contributed by atoms with E-state index in [-0.39, 0.29) is 0 Å². The summed E-state index contributed by atoms with van der Waals surface area (Å²) in [5.74, 6) is 3.21. The molecule has 0 radical (unpaired) electrons. The van der Waals surface area contributed by atoms with E-state index in [0.29, 0.717) is 0 Å². The number of hydrogen-bond acceptors (Lipinski definition) is 0. The van der Waals surface area contributed by atoms with E-state index in [2.05, 4.69) is 13.5 Å². The minimum atomic E-state index is 0.851. The zero-order chi connectivity index (χ0) is 7.64. The normalized spacial score (nSPS) is 58.3. The Hall–Kier alpha value is -0.260. The lowest BCUT2D eigenvalue weighted by atomic mass is 9.97. The molecule has 3 rings (SSSR count). The van der Waals surface area contributed by atoms with Crippen molar-refractivity contribution in [2.24, 2.45) is 23.2 Å². The zero-order valence-corrected chi connectivity index (χ0v) is 7.27. The summed E-state index contributed by atoms with van der Waals surface area (Å²) >= 11 is 0. The van der Waals surface area contributed by atoms with Gasteiger partial charge >= 0.3 is 0 Å². The second-order valence-corrected chi connectivity index (χ2v) is 4.69. The third kappa shape index (κ3) is 0.513. The average Bonchev–Trinajstić information content (AvgIpc) is 2.83. The molecular formula is C11H16. The molecule has 3 fully saturated rings. The van der Waals surface area contributed by atoms with Crippen LogP contribution in [0.2, 0.25) is 0 Å². The number of hydrogen-bond donors (Lipinski definition) is 0. The fourth-order valence-corrected chi connectivity index (χ4v) is 3.92. The van der Waals surface area contributed by atoms with E-state index in [4.69, 9.17) is 0 Å².